The standard InChI is InChI=1S/C10H16O/c1-3-4-5-6-7-8-10(2)9-11/h3-4,8-9H,5-7H2,1-2H3/b4-3-,10-8+. The lowest BCUT2D eigenvalue weighted by Gasteiger charge is -1.90. The second kappa shape index (κ2) is 7.26. The second-order valence-electron chi connectivity index (χ2n) is 2.57. The molecule has 0 aliphatic carbocycles. The molecule has 0 bridgehead atoms. The Bertz CT molecular complexity index is 154. The van der Waals surface area contributed by atoms with Crippen molar-refractivity contribution < 1.29 is 4.79 Å². The summed E-state index contributed by atoms with van der Waals surface area (Å²) < 4.78 is 0. The third kappa shape index (κ3) is 7.04. The number of carbonyl (C=O) groups excluding carboxylic acids is 1. The van der Waals surface area contributed by atoms with Gasteiger partial charge < -0.3 is 0 Å². The lowest BCUT2D eigenvalue weighted by atomic mass is 10.2. The van der Waals surface area contributed by atoms with Gasteiger partial charge in [-0.2, -0.15) is 0 Å². The summed E-state index contributed by atoms with van der Waals surface area (Å²) in [5, 5.41) is 0. The Morgan fingerprint density at radius 3 is 2.64 bits per heavy atom. The van der Waals surface area contributed by atoms with Gasteiger partial charge in [-0.1, -0.05) is 18.2 Å². The van der Waals surface area contributed by atoms with E-state index in [1.165, 1.54) is 0 Å². The smallest absolute Gasteiger partial charge is 0.145 e. The van der Waals surface area contributed by atoms with E-state index in [9.17, 15) is 4.79 Å². The monoisotopic (exact) mass is 152 g/mol. The molecule has 62 valence electrons. The van der Waals surface area contributed by atoms with Crippen molar-refractivity contribution in [3.63, 3.8) is 0 Å². The minimum atomic E-state index is 0.838. The molecule has 0 aromatic rings. The molecule has 0 spiro atoms. The van der Waals surface area contributed by atoms with Gasteiger partial charge in [0, 0.05) is 0 Å². The predicted molar refractivity (Wildman–Crippen MR) is 48.5 cm³/mol. The zero-order chi connectivity index (χ0) is 8.53. The number of allylic oxidation sites excluding steroid dienone is 4. The summed E-state index contributed by atoms with van der Waals surface area (Å²) in [4.78, 5) is 10.1. The zero-order valence-electron chi connectivity index (χ0n) is 7.34. The third-order valence-corrected chi connectivity index (χ3v) is 1.46. The Balaban J connectivity index is 3.33. The van der Waals surface area contributed by atoms with Gasteiger partial charge in [-0.05, 0) is 38.7 Å². The van der Waals surface area contributed by atoms with E-state index in [1.807, 2.05) is 19.9 Å². The summed E-state index contributed by atoms with van der Waals surface area (Å²) in [5.41, 5.74) is 0.838. The molecule has 0 radical (unpaired) electrons. The minimum Gasteiger partial charge on any atom is -0.298 e. The van der Waals surface area contributed by atoms with E-state index in [4.69, 9.17) is 0 Å². The van der Waals surface area contributed by atoms with Gasteiger partial charge in [0.15, 0.2) is 0 Å². The predicted octanol–water partition coefficient (Wildman–Crippen LogP) is 2.88. The SMILES string of the molecule is C/C=C\CCC/C=C(\C)C=O. The molecule has 0 aromatic carbocycles. The molecule has 0 N–H and O–H groups in total. The van der Waals surface area contributed by atoms with Crippen LogP contribution in [-0.2, 0) is 4.79 Å². The van der Waals surface area contributed by atoms with Crippen molar-refractivity contribution in [1.29, 1.82) is 0 Å². The van der Waals surface area contributed by atoms with Gasteiger partial charge in [0.2, 0.25) is 0 Å². The first-order chi connectivity index (χ1) is 5.31. The van der Waals surface area contributed by atoms with E-state index < -0.39 is 0 Å². The molecule has 0 saturated carbocycles. The largest absolute Gasteiger partial charge is 0.298 e. The molecule has 11 heavy (non-hydrogen) atoms. The van der Waals surface area contributed by atoms with Crippen LogP contribution in [0.25, 0.3) is 0 Å². The fourth-order valence-corrected chi connectivity index (χ4v) is 0.780. The summed E-state index contributed by atoms with van der Waals surface area (Å²) >= 11 is 0. The van der Waals surface area contributed by atoms with Crippen LogP contribution in [0, 0.1) is 0 Å². The quantitative estimate of drug-likeness (QED) is 0.256. The van der Waals surface area contributed by atoms with Gasteiger partial charge in [-0.3, -0.25) is 4.79 Å². The molecular weight excluding hydrogens is 136 g/mol. The number of unbranched alkanes of at least 4 members (excludes halogenated alkanes) is 2. The van der Waals surface area contributed by atoms with Gasteiger partial charge in [0.05, 0.1) is 0 Å². The van der Waals surface area contributed by atoms with Crippen molar-refractivity contribution in [1.82, 2.24) is 0 Å². The van der Waals surface area contributed by atoms with Crippen LogP contribution in [0.2, 0.25) is 0 Å². The van der Waals surface area contributed by atoms with Gasteiger partial charge in [0.1, 0.15) is 6.29 Å². The fourth-order valence-electron chi connectivity index (χ4n) is 0.780. The highest BCUT2D eigenvalue weighted by atomic mass is 16.1. The second-order valence-corrected chi connectivity index (χ2v) is 2.57. The Morgan fingerprint density at radius 1 is 1.36 bits per heavy atom. The number of aldehydes is 1. The topological polar surface area (TPSA) is 17.1 Å². The summed E-state index contributed by atoms with van der Waals surface area (Å²) in [6.07, 6.45) is 10.3. The van der Waals surface area contributed by atoms with Crippen molar-refractivity contribution in [3.05, 3.63) is 23.8 Å². The summed E-state index contributed by atoms with van der Waals surface area (Å²) in [5.74, 6) is 0. The number of rotatable bonds is 5. The Morgan fingerprint density at radius 2 is 2.09 bits per heavy atom. The van der Waals surface area contributed by atoms with Gasteiger partial charge in [-0.15, -0.1) is 0 Å². The average molecular weight is 152 g/mol. The van der Waals surface area contributed by atoms with Crippen LogP contribution >= 0.6 is 0 Å². The Hall–Kier alpha value is -0.850. The molecule has 0 aromatic heterocycles. The van der Waals surface area contributed by atoms with Crippen molar-refractivity contribution in [2.24, 2.45) is 0 Å². The molecule has 1 nitrogen and oxygen atoms in total. The zero-order valence-corrected chi connectivity index (χ0v) is 7.34. The van der Waals surface area contributed by atoms with E-state index in [2.05, 4.69) is 12.2 Å². The van der Waals surface area contributed by atoms with Crippen LogP contribution in [0.3, 0.4) is 0 Å². The highest BCUT2D eigenvalue weighted by molar-refractivity contribution is 5.71. The number of hydrogen-bond donors (Lipinski definition) is 0. The van der Waals surface area contributed by atoms with E-state index in [0.717, 1.165) is 31.1 Å². The van der Waals surface area contributed by atoms with E-state index in [0.29, 0.717) is 0 Å². The van der Waals surface area contributed by atoms with Crippen LogP contribution in [0.4, 0.5) is 0 Å². The van der Waals surface area contributed by atoms with Gasteiger partial charge in [-0.25, -0.2) is 0 Å². The van der Waals surface area contributed by atoms with Crippen LogP contribution in [0.1, 0.15) is 33.1 Å². The van der Waals surface area contributed by atoms with Crippen molar-refractivity contribution in [2.45, 2.75) is 33.1 Å². The first-order valence-corrected chi connectivity index (χ1v) is 4.04. The maximum absolute atomic E-state index is 10.1. The van der Waals surface area contributed by atoms with E-state index >= 15 is 0 Å². The molecule has 1 heteroatoms. The molecule has 0 saturated heterocycles. The fraction of sp³-hybridized carbons (Fsp3) is 0.500. The van der Waals surface area contributed by atoms with Crippen LogP contribution in [0.15, 0.2) is 23.8 Å². The molecular formula is C10H16O. The molecule has 0 aliphatic rings. The maximum Gasteiger partial charge on any atom is 0.145 e. The molecule has 0 unspecified atom stereocenters. The van der Waals surface area contributed by atoms with Crippen molar-refractivity contribution in [3.8, 4) is 0 Å². The normalized spacial score (nSPS) is 12.4. The maximum atomic E-state index is 10.1. The highest BCUT2D eigenvalue weighted by Gasteiger charge is 1.83. The van der Waals surface area contributed by atoms with Crippen LogP contribution in [0.5, 0.6) is 0 Å². The lowest BCUT2D eigenvalue weighted by Crippen LogP contribution is -1.76. The average Bonchev–Trinajstić information content (AvgIpc) is 2.04. The van der Waals surface area contributed by atoms with Crippen LogP contribution in [-0.4, -0.2) is 6.29 Å². The Labute approximate surface area is 68.8 Å². The Kier molecular flexibility index (Phi) is 6.70. The van der Waals surface area contributed by atoms with E-state index in [1.54, 1.807) is 0 Å². The molecule has 0 heterocycles. The van der Waals surface area contributed by atoms with E-state index in [-0.39, 0.29) is 0 Å². The first-order valence-electron chi connectivity index (χ1n) is 4.04. The van der Waals surface area contributed by atoms with Gasteiger partial charge in [0.25, 0.3) is 0 Å². The third-order valence-electron chi connectivity index (χ3n) is 1.46. The molecule has 0 aliphatic heterocycles. The molecule has 0 fully saturated rings. The highest BCUT2D eigenvalue weighted by Crippen LogP contribution is 2.00. The minimum absolute atomic E-state index is 0.838. The van der Waals surface area contributed by atoms with Crippen molar-refractivity contribution in [2.75, 3.05) is 0 Å². The number of hydrogen-bond acceptors (Lipinski definition) is 1. The molecule has 0 rings (SSSR count). The van der Waals surface area contributed by atoms with Crippen LogP contribution < -0.4 is 0 Å². The van der Waals surface area contributed by atoms with Gasteiger partial charge >= 0.3 is 0 Å². The molecule has 0 atom stereocenters. The summed E-state index contributed by atoms with van der Waals surface area (Å²) in [6, 6.07) is 0. The first kappa shape index (κ1) is 10.2. The molecule has 0 amide bonds. The lowest BCUT2D eigenvalue weighted by molar-refractivity contribution is -0.104. The summed E-state index contributed by atoms with van der Waals surface area (Å²) in [6.45, 7) is 3.86. The van der Waals surface area contributed by atoms with Crippen molar-refractivity contribution >= 4 is 6.29 Å². The summed E-state index contributed by atoms with van der Waals surface area (Å²) in [7, 11) is 0. The number of carbonyl (C=O) groups is 1.